The molecular weight excluding hydrogens is 162 g/mol. The molecular formula is C11H23NO. The maximum absolute atomic E-state index is 9.90. The highest BCUT2D eigenvalue weighted by atomic mass is 16.3. The highest BCUT2D eigenvalue weighted by Gasteiger charge is 2.29. The summed E-state index contributed by atoms with van der Waals surface area (Å²) in [6, 6.07) is 0. The summed E-state index contributed by atoms with van der Waals surface area (Å²) in [5.41, 5.74) is -0.138. The SMILES string of the molecule is C=CCCCC(O)C(C)(C)N(C)C. The molecule has 0 aromatic rings. The molecule has 0 aliphatic heterocycles. The van der Waals surface area contributed by atoms with E-state index in [1.807, 2.05) is 20.2 Å². The molecule has 0 fully saturated rings. The van der Waals surface area contributed by atoms with Crippen LogP contribution < -0.4 is 0 Å². The summed E-state index contributed by atoms with van der Waals surface area (Å²) in [6.07, 6.45) is 4.48. The Morgan fingerprint density at radius 2 is 2.00 bits per heavy atom. The fourth-order valence-corrected chi connectivity index (χ4v) is 1.11. The quantitative estimate of drug-likeness (QED) is 0.505. The van der Waals surface area contributed by atoms with Crippen molar-refractivity contribution in [1.29, 1.82) is 0 Å². The first-order valence-corrected chi connectivity index (χ1v) is 4.89. The Morgan fingerprint density at radius 1 is 1.46 bits per heavy atom. The van der Waals surface area contributed by atoms with Gasteiger partial charge in [-0.2, -0.15) is 0 Å². The number of hydrogen-bond donors (Lipinski definition) is 1. The molecule has 1 unspecified atom stereocenters. The fraction of sp³-hybridized carbons (Fsp3) is 0.818. The number of rotatable bonds is 6. The highest BCUT2D eigenvalue weighted by molar-refractivity contribution is 4.85. The van der Waals surface area contributed by atoms with E-state index in [9.17, 15) is 5.11 Å². The topological polar surface area (TPSA) is 23.5 Å². The summed E-state index contributed by atoms with van der Waals surface area (Å²) in [5.74, 6) is 0. The maximum Gasteiger partial charge on any atom is 0.0718 e. The second kappa shape index (κ2) is 5.40. The number of aliphatic hydroxyl groups excluding tert-OH is 1. The summed E-state index contributed by atoms with van der Waals surface area (Å²) in [7, 11) is 3.99. The number of aliphatic hydroxyl groups is 1. The van der Waals surface area contributed by atoms with Gasteiger partial charge in [-0.05, 0) is 47.2 Å². The van der Waals surface area contributed by atoms with E-state index in [1.165, 1.54) is 0 Å². The van der Waals surface area contributed by atoms with Crippen LogP contribution in [0.4, 0.5) is 0 Å². The van der Waals surface area contributed by atoms with Crippen molar-refractivity contribution >= 4 is 0 Å². The van der Waals surface area contributed by atoms with Crippen molar-refractivity contribution in [3.05, 3.63) is 12.7 Å². The van der Waals surface area contributed by atoms with E-state index in [4.69, 9.17) is 0 Å². The van der Waals surface area contributed by atoms with E-state index < -0.39 is 0 Å². The van der Waals surface area contributed by atoms with E-state index in [-0.39, 0.29) is 11.6 Å². The van der Waals surface area contributed by atoms with Crippen LogP contribution in [0.1, 0.15) is 33.1 Å². The minimum absolute atomic E-state index is 0.138. The molecule has 1 atom stereocenters. The number of allylic oxidation sites excluding steroid dienone is 1. The lowest BCUT2D eigenvalue weighted by molar-refractivity contribution is 0.0115. The number of nitrogens with zero attached hydrogens (tertiary/aromatic N) is 1. The van der Waals surface area contributed by atoms with Crippen molar-refractivity contribution in [2.45, 2.75) is 44.8 Å². The van der Waals surface area contributed by atoms with E-state index >= 15 is 0 Å². The lowest BCUT2D eigenvalue weighted by Gasteiger charge is -2.37. The third-order valence-corrected chi connectivity index (χ3v) is 2.85. The maximum atomic E-state index is 9.90. The Balaban J connectivity index is 3.93. The predicted molar refractivity (Wildman–Crippen MR) is 57.8 cm³/mol. The lowest BCUT2D eigenvalue weighted by atomic mass is 9.92. The lowest BCUT2D eigenvalue weighted by Crippen LogP contribution is -2.48. The van der Waals surface area contributed by atoms with E-state index in [0.717, 1.165) is 19.3 Å². The Morgan fingerprint density at radius 3 is 2.38 bits per heavy atom. The van der Waals surface area contributed by atoms with E-state index in [1.54, 1.807) is 0 Å². The molecule has 0 aliphatic carbocycles. The smallest absolute Gasteiger partial charge is 0.0718 e. The molecule has 0 aromatic carbocycles. The Labute approximate surface area is 82.3 Å². The van der Waals surface area contributed by atoms with Crippen LogP contribution in [0.25, 0.3) is 0 Å². The summed E-state index contributed by atoms with van der Waals surface area (Å²) < 4.78 is 0. The van der Waals surface area contributed by atoms with Gasteiger partial charge in [0, 0.05) is 5.54 Å². The van der Waals surface area contributed by atoms with Crippen molar-refractivity contribution in [2.75, 3.05) is 14.1 Å². The molecule has 0 amide bonds. The minimum atomic E-state index is -0.262. The first kappa shape index (κ1) is 12.7. The number of likely N-dealkylation sites (N-methyl/N-ethyl adjacent to an activating group) is 1. The zero-order valence-corrected chi connectivity index (χ0v) is 9.38. The van der Waals surface area contributed by atoms with Crippen LogP contribution >= 0.6 is 0 Å². The van der Waals surface area contributed by atoms with Gasteiger partial charge in [0.2, 0.25) is 0 Å². The van der Waals surface area contributed by atoms with Crippen molar-refractivity contribution < 1.29 is 5.11 Å². The standard InChI is InChI=1S/C11H23NO/c1-6-7-8-9-10(13)11(2,3)12(4)5/h6,10,13H,1,7-9H2,2-5H3. The van der Waals surface area contributed by atoms with Crippen LogP contribution in [0.5, 0.6) is 0 Å². The van der Waals surface area contributed by atoms with Crippen molar-refractivity contribution in [1.82, 2.24) is 4.90 Å². The van der Waals surface area contributed by atoms with Gasteiger partial charge in [0.05, 0.1) is 6.10 Å². The Hall–Kier alpha value is -0.340. The zero-order valence-electron chi connectivity index (χ0n) is 9.38. The van der Waals surface area contributed by atoms with Gasteiger partial charge in [-0.25, -0.2) is 0 Å². The fourth-order valence-electron chi connectivity index (χ4n) is 1.11. The van der Waals surface area contributed by atoms with Gasteiger partial charge in [0.25, 0.3) is 0 Å². The van der Waals surface area contributed by atoms with Gasteiger partial charge < -0.3 is 10.0 Å². The first-order valence-electron chi connectivity index (χ1n) is 4.89. The summed E-state index contributed by atoms with van der Waals surface area (Å²) in [6.45, 7) is 7.78. The second-order valence-corrected chi connectivity index (χ2v) is 4.28. The van der Waals surface area contributed by atoms with Gasteiger partial charge in [-0.1, -0.05) is 6.08 Å². The molecule has 2 heteroatoms. The van der Waals surface area contributed by atoms with Gasteiger partial charge in [0.15, 0.2) is 0 Å². The van der Waals surface area contributed by atoms with Crippen LogP contribution in [-0.2, 0) is 0 Å². The zero-order chi connectivity index (χ0) is 10.5. The van der Waals surface area contributed by atoms with Crippen molar-refractivity contribution in [3.63, 3.8) is 0 Å². The molecule has 0 spiro atoms. The largest absolute Gasteiger partial charge is 0.391 e. The molecule has 0 aromatic heterocycles. The van der Waals surface area contributed by atoms with E-state index in [2.05, 4.69) is 25.3 Å². The molecule has 0 aliphatic rings. The molecule has 0 saturated carbocycles. The van der Waals surface area contributed by atoms with Crippen LogP contribution in [-0.4, -0.2) is 35.7 Å². The highest BCUT2D eigenvalue weighted by Crippen LogP contribution is 2.19. The van der Waals surface area contributed by atoms with Gasteiger partial charge in [-0.3, -0.25) is 0 Å². The first-order chi connectivity index (χ1) is 5.92. The van der Waals surface area contributed by atoms with Crippen molar-refractivity contribution in [2.24, 2.45) is 0 Å². The molecule has 0 heterocycles. The average Bonchev–Trinajstić information content (AvgIpc) is 2.04. The van der Waals surface area contributed by atoms with Crippen LogP contribution in [0.3, 0.4) is 0 Å². The van der Waals surface area contributed by atoms with Gasteiger partial charge in [0.1, 0.15) is 0 Å². The normalized spacial score (nSPS) is 14.6. The van der Waals surface area contributed by atoms with Gasteiger partial charge in [-0.15, -0.1) is 6.58 Å². The van der Waals surface area contributed by atoms with Crippen LogP contribution in [0.2, 0.25) is 0 Å². The molecule has 1 N–H and O–H groups in total. The van der Waals surface area contributed by atoms with Crippen molar-refractivity contribution in [3.8, 4) is 0 Å². The van der Waals surface area contributed by atoms with Gasteiger partial charge >= 0.3 is 0 Å². The Kier molecular flexibility index (Phi) is 5.26. The predicted octanol–water partition coefficient (Wildman–Crippen LogP) is 2.04. The summed E-state index contributed by atoms with van der Waals surface area (Å²) in [5, 5.41) is 9.90. The molecule has 2 nitrogen and oxygen atoms in total. The third-order valence-electron chi connectivity index (χ3n) is 2.85. The minimum Gasteiger partial charge on any atom is -0.391 e. The molecule has 13 heavy (non-hydrogen) atoms. The molecule has 78 valence electrons. The molecule has 0 saturated heterocycles. The molecule has 0 rings (SSSR count). The Bertz CT molecular complexity index is 152. The summed E-state index contributed by atoms with van der Waals surface area (Å²) >= 11 is 0. The third kappa shape index (κ3) is 3.92. The average molecular weight is 185 g/mol. The molecule has 0 bridgehead atoms. The summed E-state index contributed by atoms with van der Waals surface area (Å²) in [4.78, 5) is 2.06. The molecule has 0 radical (unpaired) electrons. The number of unbranched alkanes of at least 4 members (excludes halogenated alkanes) is 1. The monoisotopic (exact) mass is 185 g/mol. The van der Waals surface area contributed by atoms with Crippen LogP contribution in [0.15, 0.2) is 12.7 Å². The van der Waals surface area contributed by atoms with E-state index in [0.29, 0.717) is 0 Å². The van der Waals surface area contributed by atoms with Crippen LogP contribution in [0, 0.1) is 0 Å². The number of hydrogen-bond acceptors (Lipinski definition) is 2. The second-order valence-electron chi connectivity index (χ2n) is 4.28.